The summed E-state index contributed by atoms with van der Waals surface area (Å²) in [5.74, 6) is 0.510. The molecule has 3 aromatic rings. The van der Waals surface area contributed by atoms with Gasteiger partial charge in [0.2, 0.25) is 5.88 Å². The van der Waals surface area contributed by atoms with Crippen LogP contribution in [0.5, 0.6) is 5.88 Å². The van der Waals surface area contributed by atoms with Crippen molar-refractivity contribution in [2.75, 3.05) is 25.5 Å². The molecule has 3 heterocycles. The summed E-state index contributed by atoms with van der Waals surface area (Å²) >= 11 is 0. The number of urea groups is 1. The van der Waals surface area contributed by atoms with Crippen molar-refractivity contribution in [1.82, 2.24) is 24.4 Å². The highest BCUT2D eigenvalue weighted by Gasteiger charge is 2.31. The molecule has 194 valence electrons. The van der Waals surface area contributed by atoms with Crippen molar-refractivity contribution in [3.63, 3.8) is 0 Å². The molecule has 2 amide bonds. The van der Waals surface area contributed by atoms with Crippen LogP contribution in [0.1, 0.15) is 48.5 Å². The van der Waals surface area contributed by atoms with Crippen molar-refractivity contribution < 1.29 is 17.9 Å². The van der Waals surface area contributed by atoms with Crippen molar-refractivity contribution in [2.45, 2.75) is 56.1 Å². The van der Waals surface area contributed by atoms with Gasteiger partial charge in [0.05, 0.1) is 24.0 Å². The molecule has 0 saturated heterocycles. The summed E-state index contributed by atoms with van der Waals surface area (Å²) in [5, 5.41) is 7.11. The van der Waals surface area contributed by atoms with Gasteiger partial charge in [-0.15, -0.1) is 0 Å². The summed E-state index contributed by atoms with van der Waals surface area (Å²) < 4.78 is 36.4. The highest BCUT2D eigenvalue weighted by Crippen LogP contribution is 2.39. The Morgan fingerprint density at radius 3 is 2.81 bits per heavy atom. The molecule has 0 spiro atoms. The van der Waals surface area contributed by atoms with E-state index < -0.39 is 16.1 Å². The van der Waals surface area contributed by atoms with Crippen molar-refractivity contribution in [3.8, 4) is 17.0 Å². The monoisotopic (exact) mass is 522 g/mol. The Balaban J connectivity index is 1.40. The molecular formula is C26H30N6O4S. The van der Waals surface area contributed by atoms with Crippen molar-refractivity contribution in [2.24, 2.45) is 0 Å². The predicted octanol–water partition coefficient (Wildman–Crippen LogP) is 3.49. The molecule has 37 heavy (non-hydrogen) atoms. The summed E-state index contributed by atoms with van der Waals surface area (Å²) in [4.78, 5) is 19.6. The molecule has 0 atom stereocenters. The average Bonchev–Trinajstić information content (AvgIpc) is 3.42. The Morgan fingerprint density at radius 2 is 1.97 bits per heavy atom. The Morgan fingerprint density at radius 1 is 1.11 bits per heavy atom. The molecule has 11 heteroatoms. The Labute approximate surface area is 216 Å². The minimum atomic E-state index is -4.16. The first-order valence-electron chi connectivity index (χ1n) is 12.7. The number of nitrogens with zero attached hydrogens (tertiary/aromatic N) is 4. The van der Waals surface area contributed by atoms with Crippen LogP contribution in [-0.2, 0) is 29.4 Å². The number of sulfonamides is 1. The number of benzene rings is 1. The van der Waals surface area contributed by atoms with Gasteiger partial charge in [0.15, 0.2) is 5.03 Å². The third-order valence-corrected chi connectivity index (χ3v) is 8.32. The number of ether oxygens (including phenoxy) is 1. The number of aryl methyl sites for hydroxylation is 1. The molecule has 0 unspecified atom stereocenters. The van der Waals surface area contributed by atoms with E-state index in [1.165, 1.54) is 0 Å². The van der Waals surface area contributed by atoms with E-state index in [9.17, 15) is 13.2 Å². The molecular weight excluding hydrogens is 492 g/mol. The highest BCUT2D eigenvalue weighted by molar-refractivity contribution is 7.90. The lowest BCUT2D eigenvalue weighted by Gasteiger charge is -2.18. The molecule has 1 fully saturated rings. The van der Waals surface area contributed by atoms with Crippen LogP contribution in [0.15, 0.2) is 41.6 Å². The largest absolute Gasteiger partial charge is 0.478 e. The smallest absolute Gasteiger partial charge is 0.333 e. The summed E-state index contributed by atoms with van der Waals surface area (Å²) in [6.45, 7) is 1.80. The number of hydrogen-bond donors (Lipinski definition) is 2. The zero-order valence-corrected chi connectivity index (χ0v) is 21.6. The minimum absolute atomic E-state index is 0.139. The second-order valence-electron chi connectivity index (χ2n) is 10.0. The van der Waals surface area contributed by atoms with Gasteiger partial charge in [-0.05, 0) is 68.3 Å². The van der Waals surface area contributed by atoms with Crippen LogP contribution >= 0.6 is 0 Å². The number of hydrogen-bond acceptors (Lipinski definition) is 7. The fourth-order valence-corrected chi connectivity index (χ4v) is 6.06. The van der Waals surface area contributed by atoms with Crippen LogP contribution in [0.4, 0.5) is 10.5 Å². The predicted molar refractivity (Wildman–Crippen MR) is 138 cm³/mol. The summed E-state index contributed by atoms with van der Waals surface area (Å²) in [6.07, 6.45) is 7.11. The Kier molecular flexibility index (Phi) is 6.12. The van der Waals surface area contributed by atoms with E-state index >= 15 is 0 Å². The second-order valence-corrected chi connectivity index (χ2v) is 11.6. The third kappa shape index (κ3) is 4.93. The van der Waals surface area contributed by atoms with Crippen molar-refractivity contribution in [3.05, 3.63) is 53.3 Å². The molecule has 6 rings (SSSR count). The Hall–Kier alpha value is -3.44. The first-order chi connectivity index (χ1) is 17.9. The van der Waals surface area contributed by atoms with Gasteiger partial charge in [-0.25, -0.2) is 14.5 Å². The number of amides is 2. The van der Waals surface area contributed by atoms with Gasteiger partial charge in [0, 0.05) is 37.0 Å². The van der Waals surface area contributed by atoms with Gasteiger partial charge in [0.1, 0.15) is 0 Å². The fraction of sp³-hybridized carbons (Fsp3) is 0.423. The lowest BCUT2D eigenvalue weighted by molar-refractivity contribution is 0.249. The van der Waals surface area contributed by atoms with E-state index in [1.54, 1.807) is 16.9 Å². The fourth-order valence-electron chi connectivity index (χ4n) is 5.18. The zero-order valence-electron chi connectivity index (χ0n) is 20.7. The Bertz CT molecular complexity index is 1460. The minimum Gasteiger partial charge on any atom is -0.478 e. The number of carbonyl (C=O) groups is 1. The quantitative estimate of drug-likeness (QED) is 0.502. The lowest BCUT2D eigenvalue weighted by atomic mass is 9.98. The van der Waals surface area contributed by atoms with Gasteiger partial charge in [-0.1, -0.05) is 12.1 Å². The number of rotatable bonds is 1. The summed E-state index contributed by atoms with van der Waals surface area (Å²) in [7, 11) is -2.18. The van der Waals surface area contributed by atoms with Crippen LogP contribution in [-0.4, -0.2) is 54.3 Å². The maximum Gasteiger partial charge on any atom is 0.333 e. The van der Waals surface area contributed by atoms with Gasteiger partial charge < -0.3 is 15.0 Å². The number of aromatic nitrogens is 3. The van der Waals surface area contributed by atoms with Crippen LogP contribution in [0.2, 0.25) is 0 Å². The molecule has 10 nitrogen and oxygen atoms in total. The second kappa shape index (κ2) is 9.46. The van der Waals surface area contributed by atoms with E-state index in [-0.39, 0.29) is 11.1 Å². The molecule has 4 bridgehead atoms. The number of nitrogens with one attached hydrogen (secondary N) is 2. The van der Waals surface area contributed by atoms with Gasteiger partial charge >= 0.3 is 6.03 Å². The first kappa shape index (κ1) is 23.9. The molecule has 2 aliphatic carbocycles. The molecule has 2 aromatic heterocycles. The van der Waals surface area contributed by atoms with Crippen LogP contribution in [0.25, 0.3) is 11.1 Å². The number of anilines is 1. The first-order valence-corrected chi connectivity index (χ1v) is 14.2. The van der Waals surface area contributed by atoms with Crippen molar-refractivity contribution in [1.29, 1.82) is 0 Å². The van der Waals surface area contributed by atoms with Gasteiger partial charge in [-0.2, -0.15) is 13.5 Å². The van der Waals surface area contributed by atoms with Crippen LogP contribution in [0, 0.1) is 0 Å². The van der Waals surface area contributed by atoms with Gasteiger partial charge in [0.25, 0.3) is 10.0 Å². The van der Waals surface area contributed by atoms with Gasteiger partial charge in [-0.3, -0.25) is 4.68 Å². The topological polar surface area (TPSA) is 118 Å². The molecule has 1 aromatic carbocycles. The number of fused-ring (bicyclic) bond motifs is 8. The molecule has 3 aliphatic rings. The number of pyridine rings is 1. The standard InChI is InChI=1S/C26H30N6O4S/c1-31-12-3-13-36-23-14-18(10-11-27-23)22-9-6-17-4-2-5-21(17)25(22)28-26(33)30-37(34,35)24-15-20(16-31)32(29-24)19-7-8-19/h6,9-11,14-15,19H,2-5,7-8,12-13,16H2,1H3,(H2,28,30,33). The van der Waals surface area contributed by atoms with Crippen molar-refractivity contribution >= 4 is 21.7 Å². The van der Waals surface area contributed by atoms with E-state index in [0.717, 1.165) is 73.0 Å². The maximum atomic E-state index is 13.2. The van der Waals surface area contributed by atoms with E-state index in [1.807, 2.05) is 25.2 Å². The molecule has 1 saturated carbocycles. The van der Waals surface area contributed by atoms with E-state index in [0.29, 0.717) is 24.7 Å². The summed E-state index contributed by atoms with van der Waals surface area (Å²) in [5.41, 5.74) is 5.25. The molecule has 2 N–H and O–H groups in total. The normalized spacial score (nSPS) is 20.0. The van der Waals surface area contributed by atoms with Crippen LogP contribution < -0.4 is 14.8 Å². The zero-order chi connectivity index (χ0) is 25.6. The summed E-state index contributed by atoms with van der Waals surface area (Å²) in [6, 6.07) is 8.72. The third-order valence-electron chi connectivity index (χ3n) is 7.12. The highest BCUT2D eigenvalue weighted by atomic mass is 32.2. The van der Waals surface area contributed by atoms with E-state index in [4.69, 9.17) is 4.74 Å². The number of carbonyl (C=O) groups excluding carboxylic acids is 1. The SMILES string of the molecule is CN1CCCOc2cc(ccn2)-c2ccc3c(c2NC(=O)NS(=O)(=O)c2cc(n(C4CC4)n2)C1)CCC3. The molecule has 1 aliphatic heterocycles. The maximum absolute atomic E-state index is 13.2. The average molecular weight is 523 g/mol. The van der Waals surface area contributed by atoms with E-state index in [2.05, 4.69) is 31.1 Å². The molecule has 0 radical (unpaired) electrons. The van der Waals surface area contributed by atoms with Crippen LogP contribution in [0.3, 0.4) is 0 Å². The lowest BCUT2D eigenvalue weighted by Crippen LogP contribution is -2.35.